The van der Waals surface area contributed by atoms with Crippen molar-refractivity contribution in [2.45, 2.75) is 25.2 Å². The molecular formula is C22H24N2O3S. The highest BCUT2D eigenvalue weighted by atomic mass is 32.1. The van der Waals surface area contributed by atoms with Crippen LogP contribution < -0.4 is 0 Å². The second-order valence-electron chi connectivity index (χ2n) is 7.46. The lowest BCUT2D eigenvalue weighted by atomic mass is 10.1. The second kappa shape index (κ2) is 8.27. The molecule has 28 heavy (non-hydrogen) atoms. The Bertz CT molecular complexity index is 842. The van der Waals surface area contributed by atoms with Gasteiger partial charge in [0, 0.05) is 61.3 Å². The predicted molar refractivity (Wildman–Crippen MR) is 108 cm³/mol. The van der Waals surface area contributed by atoms with Gasteiger partial charge in [0.25, 0.3) is 0 Å². The molecule has 1 aromatic heterocycles. The maximum atomic E-state index is 12.7. The molecule has 1 saturated heterocycles. The summed E-state index contributed by atoms with van der Waals surface area (Å²) < 4.78 is 0. The van der Waals surface area contributed by atoms with Crippen LogP contribution in [-0.2, 0) is 9.59 Å². The van der Waals surface area contributed by atoms with Crippen molar-refractivity contribution in [1.29, 1.82) is 0 Å². The fourth-order valence-electron chi connectivity index (χ4n) is 3.84. The molecule has 2 atom stereocenters. The lowest BCUT2D eigenvalue weighted by molar-refractivity contribution is -0.140. The monoisotopic (exact) mass is 396 g/mol. The number of Topliss-reactive ketones (excluding diaryl/α,β-unsaturated/α-hetero) is 1. The lowest BCUT2D eigenvalue weighted by Crippen LogP contribution is -2.51. The number of carbonyl (C=O) groups excluding carboxylic acids is 3. The normalized spacial score (nSPS) is 21.4. The summed E-state index contributed by atoms with van der Waals surface area (Å²) in [7, 11) is 0. The van der Waals surface area contributed by atoms with E-state index >= 15 is 0 Å². The topological polar surface area (TPSA) is 57.7 Å². The van der Waals surface area contributed by atoms with Crippen molar-refractivity contribution in [3.8, 4) is 0 Å². The minimum Gasteiger partial charge on any atom is -0.339 e. The van der Waals surface area contributed by atoms with Gasteiger partial charge in [-0.15, -0.1) is 11.3 Å². The molecule has 2 aromatic rings. The number of carbonyl (C=O) groups is 3. The third-order valence-corrected chi connectivity index (χ3v) is 6.63. The van der Waals surface area contributed by atoms with Gasteiger partial charge in [-0.1, -0.05) is 36.4 Å². The van der Waals surface area contributed by atoms with Crippen LogP contribution in [0.5, 0.6) is 0 Å². The van der Waals surface area contributed by atoms with Gasteiger partial charge in [0.15, 0.2) is 5.78 Å². The van der Waals surface area contributed by atoms with Crippen LogP contribution in [-0.4, -0.2) is 53.6 Å². The zero-order valence-corrected chi connectivity index (χ0v) is 16.6. The van der Waals surface area contributed by atoms with Crippen molar-refractivity contribution in [3.63, 3.8) is 0 Å². The van der Waals surface area contributed by atoms with Gasteiger partial charge in [-0.05, 0) is 17.9 Å². The molecule has 0 spiro atoms. The molecule has 2 amide bonds. The maximum Gasteiger partial charge on any atom is 0.226 e. The van der Waals surface area contributed by atoms with E-state index in [2.05, 4.69) is 11.4 Å². The molecule has 0 bridgehead atoms. The van der Waals surface area contributed by atoms with E-state index in [1.54, 1.807) is 28.4 Å². The largest absolute Gasteiger partial charge is 0.339 e. The molecule has 1 saturated carbocycles. The van der Waals surface area contributed by atoms with Crippen LogP contribution in [0.25, 0.3) is 0 Å². The summed E-state index contributed by atoms with van der Waals surface area (Å²) in [5, 5.41) is 2.06. The molecule has 146 valence electrons. The van der Waals surface area contributed by atoms with Gasteiger partial charge in [0.1, 0.15) is 0 Å². The average Bonchev–Trinajstić information content (AvgIpc) is 3.36. The molecule has 0 N–H and O–H groups in total. The lowest BCUT2D eigenvalue weighted by Gasteiger charge is -2.35. The second-order valence-corrected chi connectivity index (χ2v) is 8.44. The standard InChI is InChI=1S/C22H24N2O3S/c25-19(16-5-2-1-3-6-16)8-9-21(26)23-10-12-24(13-11-23)22(27)18-15-17(18)20-7-4-14-28-20/h1-7,14,17-18H,8-13,15H2/t17-,18-/m1/s1. The first-order valence-corrected chi connectivity index (χ1v) is 10.7. The van der Waals surface area contributed by atoms with Gasteiger partial charge < -0.3 is 9.80 Å². The van der Waals surface area contributed by atoms with Crippen LogP contribution in [0, 0.1) is 5.92 Å². The highest BCUT2D eigenvalue weighted by Gasteiger charge is 2.46. The number of benzene rings is 1. The molecule has 4 rings (SSSR count). The molecular weight excluding hydrogens is 372 g/mol. The first-order valence-electron chi connectivity index (χ1n) is 9.81. The van der Waals surface area contributed by atoms with Crippen molar-refractivity contribution >= 4 is 28.9 Å². The average molecular weight is 397 g/mol. The number of ketones is 1. The number of rotatable bonds is 6. The fourth-order valence-corrected chi connectivity index (χ4v) is 4.75. The zero-order chi connectivity index (χ0) is 19.5. The van der Waals surface area contributed by atoms with Crippen molar-refractivity contribution in [3.05, 3.63) is 58.3 Å². The molecule has 6 heteroatoms. The van der Waals surface area contributed by atoms with E-state index in [0.29, 0.717) is 37.7 Å². The molecule has 5 nitrogen and oxygen atoms in total. The van der Waals surface area contributed by atoms with Crippen molar-refractivity contribution in [2.24, 2.45) is 5.92 Å². The van der Waals surface area contributed by atoms with Crippen LogP contribution in [0.2, 0.25) is 0 Å². The Balaban J connectivity index is 1.21. The van der Waals surface area contributed by atoms with Gasteiger partial charge >= 0.3 is 0 Å². The molecule has 0 unspecified atom stereocenters. The molecule has 1 aliphatic carbocycles. The van der Waals surface area contributed by atoms with Crippen molar-refractivity contribution in [2.75, 3.05) is 26.2 Å². The highest BCUT2D eigenvalue weighted by molar-refractivity contribution is 7.10. The Morgan fingerprint density at radius 1 is 0.893 bits per heavy atom. The van der Waals surface area contributed by atoms with E-state index < -0.39 is 0 Å². The van der Waals surface area contributed by atoms with Gasteiger partial charge in [0.05, 0.1) is 0 Å². The SMILES string of the molecule is O=C(CCC(=O)N1CCN(C(=O)[C@@H]2C[C@H]2c2cccs2)CC1)c1ccccc1. The van der Waals surface area contributed by atoms with Gasteiger partial charge in [-0.2, -0.15) is 0 Å². The maximum absolute atomic E-state index is 12.7. The van der Waals surface area contributed by atoms with Crippen LogP contribution >= 0.6 is 11.3 Å². The van der Waals surface area contributed by atoms with Crippen LogP contribution in [0.1, 0.15) is 40.4 Å². The van der Waals surface area contributed by atoms with Gasteiger partial charge in [-0.3, -0.25) is 14.4 Å². The molecule has 2 fully saturated rings. The smallest absolute Gasteiger partial charge is 0.226 e. The van der Waals surface area contributed by atoms with Crippen molar-refractivity contribution < 1.29 is 14.4 Å². The summed E-state index contributed by atoms with van der Waals surface area (Å²) in [6, 6.07) is 13.2. The van der Waals surface area contributed by atoms with E-state index in [4.69, 9.17) is 0 Å². The summed E-state index contributed by atoms with van der Waals surface area (Å²) in [5.41, 5.74) is 0.649. The summed E-state index contributed by atoms with van der Waals surface area (Å²) in [6.07, 6.45) is 1.40. The van der Waals surface area contributed by atoms with E-state index in [1.807, 2.05) is 29.2 Å². The summed E-state index contributed by atoms with van der Waals surface area (Å²) in [4.78, 5) is 42.3. The third kappa shape index (κ3) is 4.17. The Hall–Kier alpha value is -2.47. The quantitative estimate of drug-likeness (QED) is 0.705. The van der Waals surface area contributed by atoms with E-state index in [1.165, 1.54) is 4.88 Å². The highest BCUT2D eigenvalue weighted by Crippen LogP contribution is 2.50. The van der Waals surface area contributed by atoms with Crippen LogP contribution in [0.15, 0.2) is 47.8 Å². The Morgan fingerprint density at radius 3 is 2.29 bits per heavy atom. The summed E-state index contributed by atoms with van der Waals surface area (Å²) >= 11 is 1.72. The first-order chi connectivity index (χ1) is 13.6. The Kier molecular flexibility index (Phi) is 5.57. The molecule has 0 radical (unpaired) electrons. The van der Waals surface area contributed by atoms with Crippen LogP contribution in [0.3, 0.4) is 0 Å². The summed E-state index contributed by atoms with van der Waals surface area (Å²) in [5.74, 6) is 0.723. The van der Waals surface area contributed by atoms with Gasteiger partial charge in [0.2, 0.25) is 11.8 Å². The number of hydrogen-bond acceptors (Lipinski definition) is 4. The number of thiophene rings is 1. The minimum absolute atomic E-state index is 0.000681. The van der Waals surface area contributed by atoms with E-state index in [0.717, 1.165) is 6.42 Å². The fraction of sp³-hybridized carbons (Fsp3) is 0.409. The first kappa shape index (κ1) is 18.9. The Morgan fingerprint density at radius 2 is 1.61 bits per heavy atom. The third-order valence-electron chi connectivity index (χ3n) is 5.62. The predicted octanol–water partition coefficient (Wildman–Crippen LogP) is 3.19. The zero-order valence-electron chi connectivity index (χ0n) is 15.8. The number of hydrogen-bond donors (Lipinski definition) is 0. The molecule has 1 aromatic carbocycles. The van der Waals surface area contributed by atoms with E-state index in [9.17, 15) is 14.4 Å². The Labute approximate surface area is 169 Å². The number of nitrogens with zero attached hydrogens (tertiary/aromatic N) is 2. The van der Waals surface area contributed by atoms with E-state index in [-0.39, 0.29) is 36.4 Å². The van der Waals surface area contributed by atoms with Gasteiger partial charge in [-0.25, -0.2) is 0 Å². The van der Waals surface area contributed by atoms with Crippen molar-refractivity contribution in [1.82, 2.24) is 9.80 Å². The molecule has 2 heterocycles. The van der Waals surface area contributed by atoms with Crippen LogP contribution in [0.4, 0.5) is 0 Å². The molecule has 1 aliphatic heterocycles. The minimum atomic E-state index is -0.00360. The number of amides is 2. The summed E-state index contributed by atoms with van der Waals surface area (Å²) in [6.45, 7) is 2.29. The number of piperazine rings is 1. The molecule has 2 aliphatic rings.